The fraction of sp³-hybridized carbons (Fsp3) is 0.538. The van der Waals surface area contributed by atoms with E-state index in [4.69, 9.17) is 4.74 Å². The molecule has 0 bridgehead atoms. The highest BCUT2D eigenvalue weighted by atomic mass is 79.9. The highest BCUT2D eigenvalue weighted by Crippen LogP contribution is 2.27. The van der Waals surface area contributed by atoms with E-state index in [1.165, 1.54) is 6.42 Å². The van der Waals surface area contributed by atoms with Crippen molar-refractivity contribution in [2.75, 3.05) is 6.54 Å². The van der Waals surface area contributed by atoms with Gasteiger partial charge in [-0.3, -0.25) is 0 Å². The molecule has 3 heteroatoms. The third kappa shape index (κ3) is 3.22. The fourth-order valence-electron chi connectivity index (χ4n) is 1.91. The van der Waals surface area contributed by atoms with Crippen molar-refractivity contribution in [2.45, 2.75) is 38.3 Å². The number of rotatable bonds is 5. The average Bonchev–Trinajstić information content (AvgIpc) is 2.21. The van der Waals surface area contributed by atoms with Crippen molar-refractivity contribution in [1.29, 1.82) is 0 Å². The monoisotopic (exact) mass is 283 g/mol. The van der Waals surface area contributed by atoms with Crippen LogP contribution in [0.15, 0.2) is 28.7 Å². The van der Waals surface area contributed by atoms with Crippen LogP contribution in [0, 0.1) is 0 Å². The molecule has 1 N–H and O–H groups in total. The molecule has 88 valence electrons. The third-order valence-corrected chi connectivity index (χ3v) is 3.37. The van der Waals surface area contributed by atoms with Crippen molar-refractivity contribution in [2.24, 2.45) is 0 Å². The van der Waals surface area contributed by atoms with Crippen LogP contribution in [0.1, 0.15) is 26.2 Å². The SMILES string of the molecule is CCCNC1CC(Oc2cccc(Br)c2)C1. The smallest absolute Gasteiger partial charge is 0.120 e. The molecular formula is C13H18BrNO. The van der Waals surface area contributed by atoms with Crippen LogP contribution in [-0.4, -0.2) is 18.7 Å². The Labute approximate surface area is 106 Å². The van der Waals surface area contributed by atoms with Gasteiger partial charge in [-0.15, -0.1) is 0 Å². The molecule has 0 atom stereocenters. The number of ether oxygens (including phenoxy) is 1. The molecule has 1 aromatic carbocycles. The van der Waals surface area contributed by atoms with Gasteiger partial charge in [0.1, 0.15) is 11.9 Å². The van der Waals surface area contributed by atoms with E-state index in [2.05, 4.69) is 28.2 Å². The molecule has 1 saturated carbocycles. The summed E-state index contributed by atoms with van der Waals surface area (Å²) in [7, 11) is 0. The minimum absolute atomic E-state index is 0.392. The molecule has 1 aliphatic carbocycles. The number of hydrogen-bond donors (Lipinski definition) is 1. The highest BCUT2D eigenvalue weighted by molar-refractivity contribution is 9.10. The van der Waals surface area contributed by atoms with Crippen molar-refractivity contribution in [3.8, 4) is 5.75 Å². The van der Waals surface area contributed by atoms with Gasteiger partial charge in [0.15, 0.2) is 0 Å². The maximum absolute atomic E-state index is 5.87. The van der Waals surface area contributed by atoms with Crippen LogP contribution in [0.5, 0.6) is 5.75 Å². The summed E-state index contributed by atoms with van der Waals surface area (Å²) in [5.74, 6) is 0.966. The van der Waals surface area contributed by atoms with Crippen LogP contribution in [0.3, 0.4) is 0 Å². The summed E-state index contributed by atoms with van der Waals surface area (Å²) in [5, 5.41) is 3.51. The largest absolute Gasteiger partial charge is 0.490 e. The van der Waals surface area contributed by atoms with Crippen molar-refractivity contribution < 1.29 is 4.74 Å². The molecule has 2 rings (SSSR count). The average molecular weight is 284 g/mol. The van der Waals surface area contributed by atoms with Gasteiger partial charge in [0.25, 0.3) is 0 Å². The maximum atomic E-state index is 5.87. The Kier molecular flexibility index (Phi) is 4.24. The van der Waals surface area contributed by atoms with E-state index in [-0.39, 0.29) is 0 Å². The number of halogens is 1. The molecule has 0 amide bonds. The van der Waals surface area contributed by atoms with Gasteiger partial charge in [0.05, 0.1) is 0 Å². The summed E-state index contributed by atoms with van der Waals surface area (Å²) >= 11 is 3.45. The first-order valence-corrected chi connectivity index (χ1v) is 6.73. The van der Waals surface area contributed by atoms with Crippen molar-refractivity contribution in [3.05, 3.63) is 28.7 Å². The molecular weight excluding hydrogens is 266 g/mol. The first kappa shape index (κ1) is 11.9. The van der Waals surface area contributed by atoms with E-state index < -0.39 is 0 Å². The lowest BCUT2D eigenvalue weighted by atomic mass is 9.89. The van der Waals surface area contributed by atoms with Crippen LogP contribution in [0.25, 0.3) is 0 Å². The van der Waals surface area contributed by atoms with E-state index in [1.54, 1.807) is 0 Å². The van der Waals surface area contributed by atoms with E-state index in [9.17, 15) is 0 Å². The van der Waals surface area contributed by atoms with Gasteiger partial charge in [0.2, 0.25) is 0 Å². The Morgan fingerprint density at radius 1 is 1.44 bits per heavy atom. The van der Waals surface area contributed by atoms with Gasteiger partial charge in [-0.25, -0.2) is 0 Å². The van der Waals surface area contributed by atoms with Crippen LogP contribution in [-0.2, 0) is 0 Å². The molecule has 2 nitrogen and oxygen atoms in total. The van der Waals surface area contributed by atoms with Crippen LogP contribution in [0.4, 0.5) is 0 Å². The molecule has 1 fully saturated rings. The topological polar surface area (TPSA) is 21.3 Å². The van der Waals surface area contributed by atoms with E-state index in [1.807, 2.05) is 24.3 Å². The molecule has 0 radical (unpaired) electrons. The first-order valence-electron chi connectivity index (χ1n) is 5.93. The lowest BCUT2D eigenvalue weighted by Gasteiger charge is -2.36. The summed E-state index contributed by atoms with van der Waals surface area (Å²) in [5.41, 5.74) is 0. The molecule has 16 heavy (non-hydrogen) atoms. The van der Waals surface area contributed by atoms with Gasteiger partial charge in [-0.1, -0.05) is 28.9 Å². The lowest BCUT2D eigenvalue weighted by molar-refractivity contribution is 0.0852. The second kappa shape index (κ2) is 5.69. The molecule has 1 aromatic rings. The molecule has 0 saturated heterocycles. The van der Waals surface area contributed by atoms with Crippen molar-refractivity contribution in [3.63, 3.8) is 0 Å². The Morgan fingerprint density at radius 3 is 2.94 bits per heavy atom. The van der Waals surface area contributed by atoms with Crippen LogP contribution >= 0.6 is 15.9 Å². The molecule has 0 aliphatic heterocycles. The first-order chi connectivity index (χ1) is 7.78. The zero-order valence-corrected chi connectivity index (χ0v) is 11.2. The molecule has 1 aliphatic rings. The Hall–Kier alpha value is -0.540. The standard InChI is InChI=1S/C13H18BrNO/c1-2-6-15-11-8-13(9-11)16-12-5-3-4-10(14)7-12/h3-5,7,11,13,15H,2,6,8-9H2,1H3. The van der Waals surface area contributed by atoms with E-state index in [0.29, 0.717) is 12.1 Å². The van der Waals surface area contributed by atoms with Crippen molar-refractivity contribution >= 4 is 15.9 Å². The predicted octanol–water partition coefficient (Wildman–Crippen LogP) is 3.36. The summed E-state index contributed by atoms with van der Waals surface area (Å²) in [6.45, 7) is 3.31. The molecule has 0 heterocycles. The lowest BCUT2D eigenvalue weighted by Crippen LogP contribution is -2.46. The third-order valence-electron chi connectivity index (χ3n) is 2.88. The Bertz CT molecular complexity index is 336. The van der Waals surface area contributed by atoms with E-state index >= 15 is 0 Å². The Morgan fingerprint density at radius 2 is 2.25 bits per heavy atom. The minimum Gasteiger partial charge on any atom is -0.490 e. The molecule has 0 spiro atoms. The maximum Gasteiger partial charge on any atom is 0.120 e. The normalized spacial score (nSPS) is 23.9. The van der Waals surface area contributed by atoms with Gasteiger partial charge >= 0.3 is 0 Å². The summed E-state index contributed by atoms with van der Waals surface area (Å²) in [6.07, 6.45) is 3.86. The van der Waals surface area contributed by atoms with Gasteiger partial charge in [0, 0.05) is 10.5 Å². The van der Waals surface area contributed by atoms with Gasteiger partial charge in [-0.05, 0) is 44.0 Å². The minimum atomic E-state index is 0.392. The second-order valence-electron chi connectivity index (χ2n) is 4.32. The Balaban J connectivity index is 1.73. The van der Waals surface area contributed by atoms with Gasteiger partial charge < -0.3 is 10.1 Å². The van der Waals surface area contributed by atoms with Crippen molar-refractivity contribution in [1.82, 2.24) is 5.32 Å². The quantitative estimate of drug-likeness (QED) is 0.895. The highest BCUT2D eigenvalue weighted by Gasteiger charge is 2.30. The molecule has 0 unspecified atom stereocenters. The summed E-state index contributed by atoms with van der Waals surface area (Å²) in [4.78, 5) is 0. The summed E-state index contributed by atoms with van der Waals surface area (Å²) in [6, 6.07) is 8.71. The predicted molar refractivity (Wildman–Crippen MR) is 69.9 cm³/mol. The van der Waals surface area contributed by atoms with Crippen LogP contribution in [0.2, 0.25) is 0 Å². The van der Waals surface area contributed by atoms with Gasteiger partial charge in [-0.2, -0.15) is 0 Å². The number of benzene rings is 1. The zero-order chi connectivity index (χ0) is 11.4. The number of nitrogens with one attached hydrogen (secondary N) is 1. The molecule has 0 aromatic heterocycles. The second-order valence-corrected chi connectivity index (χ2v) is 5.24. The fourth-order valence-corrected chi connectivity index (χ4v) is 2.29. The van der Waals surface area contributed by atoms with E-state index in [0.717, 1.165) is 29.6 Å². The number of hydrogen-bond acceptors (Lipinski definition) is 2. The van der Waals surface area contributed by atoms with Crippen LogP contribution < -0.4 is 10.1 Å². The summed E-state index contributed by atoms with van der Waals surface area (Å²) < 4.78 is 6.95. The zero-order valence-electron chi connectivity index (χ0n) is 9.58.